The molecule has 2 aromatic rings. The molecule has 0 spiro atoms. The molecule has 1 fully saturated rings. The lowest BCUT2D eigenvalue weighted by Crippen LogP contribution is -2.28. The Hall–Kier alpha value is -1.56. The highest BCUT2D eigenvalue weighted by Crippen LogP contribution is 2.32. The third-order valence-corrected chi connectivity index (χ3v) is 4.95. The average molecular weight is 428 g/mol. The second kappa shape index (κ2) is 7.13. The number of para-hydroxylation sites is 1. The number of nitrogens with one attached hydrogen (secondary N) is 1. The zero-order valence-corrected chi connectivity index (χ0v) is 15.5. The Morgan fingerprint density at radius 3 is 2.62 bits per heavy atom. The van der Waals surface area contributed by atoms with Gasteiger partial charge in [0.25, 0.3) is 0 Å². The summed E-state index contributed by atoms with van der Waals surface area (Å²) in [6, 6.07) is 12.3. The Bertz CT molecular complexity index is 813. The highest BCUT2D eigenvalue weighted by atomic mass is 79.9. The van der Waals surface area contributed by atoms with Gasteiger partial charge in [-0.2, -0.15) is 0 Å². The van der Waals surface area contributed by atoms with Crippen molar-refractivity contribution in [3.05, 3.63) is 57.0 Å². The first-order valence-electron chi connectivity index (χ1n) is 7.26. The minimum absolute atomic E-state index is 0.120. The van der Waals surface area contributed by atoms with Gasteiger partial charge in [-0.15, -0.1) is 0 Å². The van der Waals surface area contributed by atoms with Crippen molar-refractivity contribution in [3.63, 3.8) is 0 Å². The number of hydrogen-bond acceptors (Lipinski definition) is 2. The third-order valence-electron chi connectivity index (χ3n) is 3.83. The first kappa shape index (κ1) is 17.3. The number of nitrogens with zero attached hydrogens (tertiary/aromatic N) is 1. The Labute approximate surface area is 157 Å². The Morgan fingerprint density at radius 1 is 1.17 bits per heavy atom. The van der Waals surface area contributed by atoms with Gasteiger partial charge in [0.1, 0.15) is 0 Å². The van der Waals surface area contributed by atoms with Crippen molar-refractivity contribution in [3.8, 4) is 0 Å². The van der Waals surface area contributed by atoms with Crippen molar-refractivity contribution in [2.45, 2.75) is 6.42 Å². The molecule has 0 unspecified atom stereocenters. The fourth-order valence-electron chi connectivity index (χ4n) is 2.61. The van der Waals surface area contributed by atoms with Crippen LogP contribution in [0.5, 0.6) is 0 Å². The number of amides is 2. The molecule has 2 aromatic carbocycles. The summed E-state index contributed by atoms with van der Waals surface area (Å²) in [5.41, 5.74) is 1.15. The average Bonchev–Trinajstić information content (AvgIpc) is 2.92. The van der Waals surface area contributed by atoms with Crippen LogP contribution in [0, 0.1) is 5.92 Å². The molecular weight excluding hydrogens is 415 g/mol. The molecule has 1 heterocycles. The molecule has 124 valence electrons. The van der Waals surface area contributed by atoms with Crippen LogP contribution in [0.1, 0.15) is 6.42 Å². The first-order chi connectivity index (χ1) is 11.5. The molecule has 0 aliphatic carbocycles. The lowest BCUT2D eigenvalue weighted by Gasteiger charge is -2.18. The zero-order chi connectivity index (χ0) is 17.3. The molecule has 0 bridgehead atoms. The molecule has 4 nitrogen and oxygen atoms in total. The number of carbonyl (C=O) groups is 2. The van der Waals surface area contributed by atoms with E-state index in [1.54, 1.807) is 41.3 Å². The van der Waals surface area contributed by atoms with E-state index >= 15 is 0 Å². The fraction of sp³-hybridized carbons (Fsp3) is 0.176. The Morgan fingerprint density at radius 2 is 1.92 bits per heavy atom. The van der Waals surface area contributed by atoms with Crippen LogP contribution in [-0.2, 0) is 9.59 Å². The number of hydrogen-bond donors (Lipinski definition) is 1. The van der Waals surface area contributed by atoms with E-state index in [0.29, 0.717) is 28.0 Å². The molecular formula is C17H13BrCl2N2O2. The molecule has 7 heteroatoms. The minimum atomic E-state index is -0.450. The second-order valence-electron chi connectivity index (χ2n) is 5.47. The van der Waals surface area contributed by atoms with Gasteiger partial charge in [0.05, 0.1) is 27.3 Å². The number of anilines is 2. The van der Waals surface area contributed by atoms with Gasteiger partial charge in [0.2, 0.25) is 11.8 Å². The van der Waals surface area contributed by atoms with Gasteiger partial charge in [-0.1, -0.05) is 51.3 Å². The smallest absolute Gasteiger partial charge is 0.229 e. The maximum atomic E-state index is 12.5. The van der Waals surface area contributed by atoms with Crippen LogP contribution >= 0.6 is 39.1 Å². The summed E-state index contributed by atoms with van der Waals surface area (Å²) in [5.74, 6) is -0.805. The predicted molar refractivity (Wildman–Crippen MR) is 99.7 cm³/mol. The highest BCUT2D eigenvalue weighted by Gasteiger charge is 2.36. The van der Waals surface area contributed by atoms with Crippen LogP contribution in [0.2, 0.25) is 10.0 Å². The van der Waals surface area contributed by atoms with Gasteiger partial charge < -0.3 is 10.2 Å². The maximum Gasteiger partial charge on any atom is 0.229 e. The standard InChI is InChI=1S/C17H13BrCl2N2O2/c18-11-5-6-14(13(20)8-11)21-17(24)10-7-16(23)22(9-10)15-4-2-1-3-12(15)19/h1-6,8,10H,7,9H2,(H,21,24)/t10-/m0/s1. The van der Waals surface area contributed by atoms with Crippen LogP contribution in [0.25, 0.3) is 0 Å². The maximum absolute atomic E-state index is 12.5. The van der Waals surface area contributed by atoms with Gasteiger partial charge in [-0.05, 0) is 30.3 Å². The molecule has 1 saturated heterocycles. The van der Waals surface area contributed by atoms with E-state index in [1.807, 2.05) is 6.07 Å². The molecule has 1 N–H and O–H groups in total. The topological polar surface area (TPSA) is 49.4 Å². The van der Waals surface area contributed by atoms with Crippen molar-refractivity contribution < 1.29 is 9.59 Å². The summed E-state index contributed by atoms with van der Waals surface area (Å²) in [6.07, 6.45) is 0.144. The van der Waals surface area contributed by atoms with E-state index in [4.69, 9.17) is 23.2 Å². The molecule has 0 aromatic heterocycles. The Balaban J connectivity index is 1.73. The summed E-state index contributed by atoms with van der Waals surface area (Å²) >= 11 is 15.6. The van der Waals surface area contributed by atoms with E-state index in [9.17, 15) is 9.59 Å². The summed E-state index contributed by atoms with van der Waals surface area (Å²) in [5, 5.41) is 3.71. The van der Waals surface area contributed by atoms with E-state index in [1.165, 1.54) is 0 Å². The summed E-state index contributed by atoms with van der Waals surface area (Å²) in [6.45, 7) is 0.294. The van der Waals surface area contributed by atoms with Crippen LogP contribution in [0.4, 0.5) is 11.4 Å². The van der Waals surface area contributed by atoms with E-state index in [-0.39, 0.29) is 18.2 Å². The van der Waals surface area contributed by atoms with Crippen molar-refractivity contribution in [2.24, 2.45) is 5.92 Å². The molecule has 1 aliphatic rings. The molecule has 2 amide bonds. The van der Waals surface area contributed by atoms with Crippen molar-refractivity contribution in [1.29, 1.82) is 0 Å². The first-order valence-corrected chi connectivity index (χ1v) is 8.81. The number of rotatable bonds is 3. The van der Waals surface area contributed by atoms with E-state index in [2.05, 4.69) is 21.2 Å². The quantitative estimate of drug-likeness (QED) is 0.768. The predicted octanol–water partition coefficient (Wildman–Crippen LogP) is 4.75. The van der Waals surface area contributed by atoms with Crippen LogP contribution < -0.4 is 10.2 Å². The van der Waals surface area contributed by atoms with Gasteiger partial charge in [-0.3, -0.25) is 9.59 Å². The molecule has 3 rings (SSSR count). The van der Waals surface area contributed by atoms with Gasteiger partial charge in [0, 0.05) is 17.4 Å². The molecule has 0 radical (unpaired) electrons. The number of halogens is 3. The van der Waals surface area contributed by atoms with Gasteiger partial charge in [-0.25, -0.2) is 0 Å². The normalized spacial score (nSPS) is 17.2. The monoisotopic (exact) mass is 426 g/mol. The summed E-state index contributed by atoms with van der Waals surface area (Å²) < 4.78 is 0.825. The lowest BCUT2D eigenvalue weighted by molar-refractivity contribution is -0.122. The number of carbonyl (C=O) groups excluding carboxylic acids is 2. The molecule has 1 atom stereocenters. The second-order valence-corrected chi connectivity index (χ2v) is 7.20. The molecule has 0 saturated carbocycles. The number of benzene rings is 2. The SMILES string of the molecule is O=C(Nc1ccc(Br)cc1Cl)[C@H]1CC(=O)N(c2ccccc2Cl)C1. The largest absolute Gasteiger partial charge is 0.324 e. The van der Waals surface area contributed by atoms with Gasteiger partial charge >= 0.3 is 0 Å². The van der Waals surface area contributed by atoms with Crippen molar-refractivity contribution in [2.75, 3.05) is 16.8 Å². The van der Waals surface area contributed by atoms with Gasteiger partial charge in [0.15, 0.2) is 0 Å². The summed E-state index contributed by atoms with van der Waals surface area (Å²) in [4.78, 5) is 26.3. The van der Waals surface area contributed by atoms with E-state index in [0.717, 1.165) is 4.47 Å². The third kappa shape index (κ3) is 3.58. The fourth-order valence-corrected chi connectivity index (χ4v) is 3.57. The zero-order valence-electron chi connectivity index (χ0n) is 12.4. The van der Waals surface area contributed by atoms with E-state index < -0.39 is 5.92 Å². The van der Waals surface area contributed by atoms with Crippen molar-refractivity contribution >= 4 is 62.3 Å². The molecule has 1 aliphatic heterocycles. The van der Waals surface area contributed by atoms with Crippen LogP contribution in [0.15, 0.2) is 46.9 Å². The van der Waals surface area contributed by atoms with Crippen LogP contribution in [-0.4, -0.2) is 18.4 Å². The minimum Gasteiger partial charge on any atom is -0.324 e. The van der Waals surface area contributed by atoms with Crippen molar-refractivity contribution in [1.82, 2.24) is 0 Å². The highest BCUT2D eigenvalue weighted by molar-refractivity contribution is 9.10. The summed E-state index contributed by atoms with van der Waals surface area (Å²) in [7, 11) is 0. The Kier molecular flexibility index (Phi) is 5.13. The lowest BCUT2D eigenvalue weighted by atomic mass is 10.1. The van der Waals surface area contributed by atoms with Crippen LogP contribution in [0.3, 0.4) is 0 Å². The molecule has 24 heavy (non-hydrogen) atoms.